The summed E-state index contributed by atoms with van der Waals surface area (Å²) in [6.45, 7) is 3.82. The Morgan fingerprint density at radius 1 is 1.24 bits per heavy atom. The predicted molar refractivity (Wildman–Crippen MR) is 117 cm³/mol. The summed E-state index contributed by atoms with van der Waals surface area (Å²) < 4.78 is 0. The molecular weight excluding hydrogens is 443 g/mol. The van der Waals surface area contributed by atoms with Crippen LogP contribution in [0.4, 0.5) is 0 Å². The van der Waals surface area contributed by atoms with Crippen molar-refractivity contribution in [2.75, 3.05) is 13.6 Å². The lowest BCUT2D eigenvalue weighted by molar-refractivity contribution is 0.791. The van der Waals surface area contributed by atoms with Crippen LogP contribution >= 0.6 is 35.3 Å². The van der Waals surface area contributed by atoms with Crippen molar-refractivity contribution in [2.45, 2.75) is 45.6 Å². The molecule has 0 aliphatic heterocycles. The summed E-state index contributed by atoms with van der Waals surface area (Å²) in [7, 11) is 1.82. The van der Waals surface area contributed by atoms with Crippen LogP contribution < -0.4 is 10.6 Å². The van der Waals surface area contributed by atoms with Crippen LogP contribution in [0.3, 0.4) is 0 Å². The molecule has 1 aliphatic carbocycles. The number of nitrogens with zero attached hydrogens (tertiary/aromatic N) is 2. The Morgan fingerprint density at radius 2 is 2.08 bits per heavy atom. The molecule has 0 saturated carbocycles. The molecule has 1 aromatic heterocycles. The highest BCUT2D eigenvalue weighted by atomic mass is 127. The number of hydrogen-bond donors (Lipinski definition) is 2. The maximum absolute atomic E-state index is 4.45. The molecular formula is C19H27IN4S. The molecule has 0 unspecified atom stereocenters. The summed E-state index contributed by atoms with van der Waals surface area (Å²) in [5.74, 6) is 0.850. The molecule has 3 rings (SSSR count). The molecule has 136 valence electrons. The summed E-state index contributed by atoms with van der Waals surface area (Å²) in [6, 6.07) is 6.85. The Morgan fingerprint density at radius 3 is 2.84 bits per heavy atom. The van der Waals surface area contributed by atoms with Crippen molar-refractivity contribution >= 4 is 41.3 Å². The fourth-order valence-electron chi connectivity index (χ4n) is 3.06. The molecule has 0 fully saturated rings. The van der Waals surface area contributed by atoms with E-state index in [0.29, 0.717) is 0 Å². The lowest BCUT2D eigenvalue weighted by Crippen LogP contribution is -2.37. The van der Waals surface area contributed by atoms with Crippen LogP contribution in [0.2, 0.25) is 0 Å². The summed E-state index contributed by atoms with van der Waals surface area (Å²) in [5.41, 5.74) is 4.37. The van der Waals surface area contributed by atoms with E-state index in [1.165, 1.54) is 45.8 Å². The molecule has 6 heteroatoms. The van der Waals surface area contributed by atoms with Gasteiger partial charge in [0.15, 0.2) is 5.96 Å². The Kier molecular flexibility index (Phi) is 8.15. The fraction of sp³-hybridized carbons (Fsp3) is 0.474. The second kappa shape index (κ2) is 10.1. The third kappa shape index (κ3) is 5.67. The number of aliphatic imine (C=N–C) groups is 1. The molecule has 0 radical (unpaired) electrons. The predicted octanol–water partition coefficient (Wildman–Crippen LogP) is 3.72. The minimum Gasteiger partial charge on any atom is -0.356 e. The largest absolute Gasteiger partial charge is 0.356 e. The number of benzene rings is 1. The molecule has 1 aromatic carbocycles. The van der Waals surface area contributed by atoms with E-state index in [-0.39, 0.29) is 24.0 Å². The van der Waals surface area contributed by atoms with Crippen molar-refractivity contribution in [1.29, 1.82) is 0 Å². The van der Waals surface area contributed by atoms with Crippen molar-refractivity contribution in [2.24, 2.45) is 4.99 Å². The van der Waals surface area contributed by atoms with E-state index in [9.17, 15) is 0 Å². The quantitative estimate of drug-likeness (QED) is 0.385. The zero-order chi connectivity index (χ0) is 16.8. The van der Waals surface area contributed by atoms with Gasteiger partial charge in [0.25, 0.3) is 0 Å². The van der Waals surface area contributed by atoms with Crippen molar-refractivity contribution in [3.05, 3.63) is 51.0 Å². The lowest BCUT2D eigenvalue weighted by atomic mass is 10.1. The van der Waals surface area contributed by atoms with E-state index in [0.717, 1.165) is 31.9 Å². The highest BCUT2D eigenvalue weighted by molar-refractivity contribution is 14.0. The number of guanidine groups is 1. The summed E-state index contributed by atoms with van der Waals surface area (Å²) in [4.78, 5) is 10.1. The molecule has 0 spiro atoms. The Hall–Kier alpha value is -1.15. The lowest BCUT2D eigenvalue weighted by Gasteiger charge is -2.12. The Bertz CT molecular complexity index is 711. The van der Waals surface area contributed by atoms with Crippen LogP contribution in [-0.2, 0) is 32.2 Å². The first-order chi connectivity index (χ1) is 11.8. The highest BCUT2D eigenvalue weighted by Gasteiger charge is 2.10. The van der Waals surface area contributed by atoms with Crippen molar-refractivity contribution in [1.82, 2.24) is 15.6 Å². The summed E-state index contributed by atoms with van der Waals surface area (Å²) in [5, 5.41) is 7.96. The zero-order valence-corrected chi connectivity index (χ0v) is 18.1. The molecule has 2 aromatic rings. The molecule has 0 saturated heterocycles. The highest BCUT2D eigenvalue weighted by Crippen LogP contribution is 2.22. The van der Waals surface area contributed by atoms with Gasteiger partial charge in [0.1, 0.15) is 0 Å². The summed E-state index contributed by atoms with van der Waals surface area (Å²) in [6.07, 6.45) is 7.75. The Balaban J connectivity index is 0.00000225. The van der Waals surface area contributed by atoms with Gasteiger partial charge < -0.3 is 10.6 Å². The fourth-order valence-corrected chi connectivity index (χ4v) is 3.92. The zero-order valence-electron chi connectivity index (χ0n) is 15.0. The molecule has 25 heavy (non-hydrogen) atoms. The van der Waals surface area contributed by atoms with E-state index in [1.54, 1.807) is 11.3 Å². The monoisotopic (exact) mass is 470 g/mol. The van der Waals surface area contributed by atoms with Gasteiger partial charge in [0.2, 0.25) is 0 Å². The molecule has 0 atom stereocenters. The Labute approximate surface area is 171 Å². The average molecular weight is 470 g/mol. The van der Waals surface area contributed by atoms with Crippen molar-refractivity contribution in [3.63, 3.8) is 0 Å². The number of fused-ring (bicyclic) bond motifs is 1. The second-order valence-corrected chi connectivity index (χ2v) is 7.33. The topological polar surface area (TPSA) is 49.3 Å². The van der Waals surface area contributed by atoms with Gasteiger partial charge >= 0.3 is 0 Å². The van der Waals surface area contributed by atoms with Gasteiger partial charge in [-0.1, -0.05) is 25.1 Å². The van der Waals surface area contributed by atoms with Gasteiger partial charge in [-0.05, 0) is 42.4 Å². The normalized spacial score (nSPS) is 13.3. The minimum atomic E-state index is 0. The SMILES string of the molecule is CCc1cnc(CCNC(=NC)NCc2ccc3c(c2)CCC3)s1.I. The summed E-state index contributed by atoms with van der Waals surface area (Å²) >= 11 is 1.80. The van der Waals surface area contributed by atoms with Crippen LogP contribution in [0, 0.1) is 0 Å². The number of aryl methyl sites for hydroxylation is 3. The maximum Gasteiger partial charge on any atom is 0.191 e. The van der Waals surface area contributed by atoms with Gasteiger partial charge in [0, 0.05) is 37.6 Å². The first-order valence-corrected chi connectivity index (χ1v) is 9.59. The molecule has 2 N–H and O–H groups in total. The number of thiazole rings is 1. The van der Waals surface area contributed by atoms with Crippen molar-refractivity contribution < 1.29 is 0 Å². The van der Waals surface area contributed by atoms with Gasteiger partial charge in [-0.25, -0.2) is 4.98 Å². The third-order valence-corrected chi connectivity index (χ3v) is 5.63. The van der Waals surface area contributed by atoms with Crippen LogP contribution in [0.15, 0.2) is 29.4 Å². The average Bonchev–Trinajstić information content (AvgIpc) is 3.26. The molecule has 0 amide bonds. The van der Waals surface area contributed by atoms with Gasteiger partial charge in [-0.2, -0.15) is 0 Å². The van der Waals surface area contributed by atoms with Crippen LogP contribution in [0.25, 0.3) is 0 Å². The maximum atomic E-state index is 4.45. The molecule has 1 heterocycles. The second-order valence-electron chi connectivity index (χ2n) is 6.13. The first-order valence-electron chi connectivity index (χ1n) is 8.77. The van der Waals surface area contributed by atoms with Crippen LogP contribution in [-0.4, -0.2) is 24.5 Å². The molecule has 1 aliphatic rings. The smallest absolute Gasteiger partial charge is 0.191 e. The third-order valence-electron chi connectivity index (χ3n) is 4.43. The van der Waals surface area contributed by atoms with Crippen molar-refractivity contribution in [3.8, 4) is 0 Å². The van der Waals surface area contributed by atoms with E-state index in [1.807, 2.05) is 13.2 Å². The van der Waals surface area contributed by atoms with Gasteiger partial charge in [-0.15, -0.1) is 35.3 Å². The number of rotatable bonds is 6. The first kappa shape index (κ1) is 20.2. The van der Waals surface area contributed by atoms with Gasteiger partial charge in [-0.3, -0.25) is 4.99 Å². The molecule has 4 nitrogen and oxygen atoms in total. The number of halogens is 1. The van der Waals surface area contributed by atoms with Crippen LogP contribution in [0.1, 0.15) is 39.9 Å². The van der Waals surface area contributed by atoms with Gasteiger partial charge in [0.05, 0.1) is 5.01 Å². The molecule has 0 bridgehead atoms. The van der Waals surface area contributed by atoms with E-state index in [2.05, 4.69) is 45.7 Å². The minimum absolute atomic E-state index is 0. The van der Waals surface area contributed by atoms with E-state index in [4.69, 9.17) is 0 Å². The van der Waals surface area contributed by atoms with Crippen LogP contribution in [0.5, 0.6) is 0 Å². The van der Waals surface area contributed by atoms with E-state index >= 15 is 0 Å². The van der Waals surface area contributed by atoms with E-state index < -0.39 is 0 Å². The number of hydrogen-bond acceptors (Lipinski definition) is 3. The standard InChI is InChI=1S/C19H26N4S.HI/c1-3-17-13-22-18(24-17)9-10-21-19(20-2)23-12-14-7-8-15-5-4-6-16(15)11-14;/h7-8,11,13H,3-6,9-10,12H2,1-2H3,(H2,20,21,23);1H. The number of nitrogens with one attached hydrogen (secondary N) is 2. The number of aromatic nitrogens is 1.